The summed E-state index contributed by atoms with van der Waals surface area (Å²) in [5.74, 6) is 0.337. The zero-order chi connectivity index (χ0) is 18.4. The highest BCUT2D eigenvalue weighted by Gasteiger charge is 2.21. The van der Waals surface area contributed by atoms with Gasteiger partial charge in [0.1, 0.15) is 5.75 Å². The first-order chi connectivity index (χ1) is 11.9. The number of amides is 1. The summed E-state index contributed by atoms with van der Waals surface area (Å²) in [7, 11) is -2.02. The number of rotatable bonds is 7. The van der Waals surface area contributed by atoms with Gasteiger partial charge in [-0.25, -0.2) is 8.42 Å². The van der Waals surface area contributed by atoms with Crippen molar-refractivity contribution in [1.29, 1.82) is 0 Å². The maximum Gasteiger partial charge on any atom is 0.255 e. The van der Waals surface area contributed by atoms with Crippen molar-refractivity contribution in [3.05, 3.63) is 54.1 Å². The number of anilines is 1. The van der Waals surface area contributed by atoms with E-state index in [4.69, 9.17) is 4.74 Å². The fraction of sp³-hybridized carbons (Fsp3) is 0.278. The average Bonchev–Trinajstić information content (AvgIpc) is 2.62. The number of carbonyl (C=O) groups is 1. The van der Waals surface area contributed by atoms with Crippen molar-refractivity contribution in [3.8, 4) is 5.75 Å². The van der Waals surface area contributed by atoms with Crippen LogP contribution in [-0.2, 0) is 10.0 Å². The Bertz CT molecular complexity index is 828. The van der Waals surface area contributed by atoms with Crippen LogP contribution in [0.5, 0.6) is 5.75 Å². The maximum absolute atomic E-state index is 12.6. The molecule has 134 valence electrons. The molecule has 0 fully saturated rings. The summed E-state index contributed by atoms with van der Waals surface area (Å²) in [5.41, 5.74) is 0.881. The smallest absolute Gasteiger partial charge is 0.255 e. The molecule has 7 heteroatoms. The standard InChI is InChI=1S/C18H22N2O4S/c1-4-20(5-2)25(22,23)17-8-6-7-15(13-17)19-18(21)14-9-11-16(24-3)12-10-14/h6-13H,4-5H2,1-3H3,(H,19,21). The molecule has 2 aromatic rings. The minimum Gasteiger partial charge on any atom is -0.497 e. The molecule has 0 heterocycles. The van der Waals surface area contributed by atoms with Gasteiger partial charge in [0, 0.05) is 24.3 Å². The molecule has 2 aromatic carbocycles. The molecule has 0 radical (unpaired) electrons. The van der Waals surface area contributed by atoms with Crippen LogP contribution in [0.2, 0.25) is 0 Å². The molecule has 0 unspecified atom stereocenters. The fourth-order valence-corrected chi connectivity index (χ4v) is 3.90. The lowest BCUT2D eigenvalue weighted by molar-refractivity contribution is 0.102. The maximum atomic E-state index is 12.6. The number of hydrogen-bond acceptors (Lipinski definition) is 4. The zero-order valence-electron chi connectivity index (χ0n) is 14.5. The van der Waals surface area contributed by atoms with Gasteiger partial charge in [-0.3, -0.25) is 4.79 Å². The van der Waals surface area contributed by atoms with E-state index in [-0.39, 0.29) is 10.8 Å². The second kappa shape index (κ2) is 8.13. The third-order valence-corrected chi connectivity index (χ3v) is 5.83. The SMILES string of the molecule is CCN(CC)S(=O)(=O)c1cccc(NC(=O)c2ccc(OC)cc2)c1. The first kappa shape index (κ1) is 19.0. The highest BCUT2D eigenvalue weighted by molar-refractivity contribution is 7.89. The zero-order valence-corrected chi connectivity index (χ0v) is 15.3. The predicted octanol–water partition coefficient (Wildman–Crippen LogP) is 2.98. The van der Waals surface area contributed by atoms with Crippen molar-refractivity contribution in [3.63, 3.8) is 0 Å². The van der Waals surface area contributed by atoms with Gasteiger partial charge in [-0.15, -0.1) is 0 Å². The average molecular weight is 362 g/mol. The topological polar surface area (TPSA) is 75.7 Å². The molecule has 0 bridgehead atoms. The molecular weight excluding hydrogens is 340 g/mol. The van der Waals surface area contributed by atoms with Gasteiger partial charge in [-0.05, 0) is 42.5 Å². The van der Waals surface area contributed by atoms with Gasteiger partial charge in [0.15, 0.2) is 0 Å². The van der Waals surface area contributed by atoms with E-state index in [1.54, 1.807) is 57.4 Å². The third kappa shape index (κ3) is 4.37. The molecule has 1 N–H and O–H groups in total. The normalized spacial score (nSPS) is 11.4. The van der Waals surface area contributed by atoms with Gasteiger partial charge >= 0.3 is 0 Å². The molecule has 0 saturated carbocycles. The number of hydrogen-bond donors (Lipinski definition) is 1. The Balaban J connectivity index is 2.22. The Labute approximate surface area is 148 Å². The van der Waals surface area contributed by atoms with Crippen molar-refractivity contribution >= 4 is 21.6 Å². The van der Waals surface area contributed by atoms with Crippen LogP contribution in [0.15, 0.2) is 53.4 Å². The fourth-order valence-electron chi connectivity index (χ4n) is 2.39. The van der Waals surface area contributed by atoms with Gasteiger partial charge in [0.05, 0.1) is 12.0 Å². The molecule has 0 atom stereocenters. The van der Waals surface area contributed by atoms with Crippen LogP contribution >= 0.6 is 0 Å². The molecule has 25 heavy (non-hydrogen) atoms. The van der Waals surface area contributed by atoms with Gasteiger partial charge in [-0.2, -0.15) is 4.31 Å². The number of nitrogens with one attached hydrogen (secondary N) is 1. The summed E-state index contributed by atoms with van der Waals surface area (Å²) in [6, 6.07) is 12.9. The highest BCUT2D eigenvalue weighted by Crippen LogP contribution is 2.20. The summed E-state index contributed by atoms with van der Waals surface area (Å²) < 4.78 is 31.6. The van der Waals surface area contributed by atoms with Crippen molar-refractivity contribution in [2.45, 2.75) is 18.7 Å². The van der Waals surface area contributed by atoms with Crippen LogP contribution in [0.3, 0.4) is 0 Å². The summed E-state index contributed by atoms with van der Waals surface area (Å²) in [6.07, 6.45) is 0. The lowest BCUT2D eigenvalue weighted by Crippen LogP contribution is -2.30. The monoisotopic (exact) mass is 362 g/mol. The quantitative estimate of drug-likeness (QED) is 0.822. The lowest BCUT2D eigenvalue weighted by Gasteiger charge is -2.18. The van der Waals surface area contributed by atoms with Crippen LogP contribution < -0.4 is 10.1 Å². The Hall–Kier alpha value is -2.38. The van der Waals surface area contributed by atoms with Gasteiger partial charge in [-0.1, -0.05) is 19.9 Å². The number of ether oxygens (including phenoxy) is 1. The Morgan fingerprint density at radius 1 is 1.08 bits per heavy atom. The van der Waals surface area contributed by atoms with E-state index in [0.717, 1.165) is 0 Å². The summed E-state index contributed by atoms with van der Waals surface area (Å²) in [5, 5.41) is 2.72. The van der Waals surface area contributed by atoms with Gasteiger partial charge in [0.25, 0.3) is 5.91 Å². The Kier molecular flexibility index (Phi) is 6.17. The molecule has 0 spiro atoms. The molecule has 1 amide bonds. The molecule has 0 saturated heterocycles. The van der Waals surface area contributed by atoms with E-state index in [0.29, 0.717) is 30.1 Å². The number of sulfonamides is 1. The highest BCUT2D eigenvalue weighted by atomic mass is 32.2. The van der Waals surface area contributed by atoms with Crippen molar-refractivity contribution in [2.75, 3.05) is 25.5 Å². The number of carbonyl (C=O) groups excluding carboxylic acids is 1. The van der Waals surface area contributed by atoms with Crippen LogP contribution in [-0.4, -0.2) is 38.8 Å². The van der Waals surface area contributed by atoms with E-state index in [2.05, 4.69) is 5.32 Å². The molecule has 6 nitrogen and oxygen atoms in total. The second-order valence-corrected chi connectivity index (χ2v) is 7.24. The van der Waals surface area contributed by atoms with Crippen LogP contribution in [0.4, 0.5) is 5.69 Å². The minimum absolute atomic E-state index is 0.156. The molecule has 0 aliphatic carbocycles. The van der Waals surface area contributed by atoms with E-state index < -0.39 is 10.0 Å². The van der Waals surface area contributed by atoms with E-state index in [1.165, 1.54) is 16.4 Å². The molecule has 0 aromatic heterocycles. The predicted molar refractivity (Wildman–Crippen MR) is 97.5 cm³/mol. The molecule has 2 rings (SSSR count). The van der Waals surface area contributed by atoms with Crippen LogP contribution in [0, 0.1) is 0 Å². The Morgan fingerprint density at radius 2 is 1.72 bits per heavy atom. The molecule has 0 aliphatic heterocycles. The van der Waals surface area contributed by atoms with Crippen molar-refractivity contribution in [1.82, 2.24) is 4.31 Å². The van der Waals surface area contributed by atoms with Gasteiger partial charge in [0.2, 0.25) is 10.0 Å². The lowest BCUT2D eigenvalue weighted by atomic mass is 10.2. The minimum atomic E-state index is -3.57. The van der Waals surface area contributed by atoms with Crippen molar-refractivity contribution < 1.29 is 17.9 Å². The number of nitrogens with zero attached hydrogens (tertiary/aromatic N) is 1. The number of benzene rings is 2. The molecular formula is C18H22N2O4S. The molecule has 0 aliphatic rings. The van der Waals surface area contributed by atoms with Crippen molar-refractivity contribution in [2.24, 2.45) is 0 Å². The van der Waals surface area contributed by atoms with Gasteiger partial charge < -0.3 is 10.1 Å². The number of methoxy groups -OCH3 is 1. The largest absolute Gasteiger partial charge is 0.497 e. The summed E-state index contributed by atoms with van der Waals surface area (Å²) in [4.78, 5) is 12.5. The van der Waals surface area contributed by atoms with E-state index in [9.17, 15) is 13.2 Å². The third-order valence-electron chi connectivity index (χ3n) is 3.79. The summed E-state index contributed by atoms with van der Waals surface area (Å²) >= 11 is 0. The first-order valence-corrected chi connectivity index (χ1v) is 9.42. The van der Waals surface area contributed by atoms with Crippen LogP contribution in [0.1, 0.15) is 24.2 Å². The first-order valence-electron chi connectivity index (χ1n) is 7.98. The Morgan fingerprint density at radius 3 is 2.28 bits per heavy atom. The summed E-state index contributed by atoms with van der Waals surface area (Å²) in [6.45, 7) is 4.36. The second-order valence-electron chi connectivity index (χ2n) is 5.30. The van der Waals surface area contributed by atoms with E-state index in [1.807, 2.05) is 0 Å². The van der Waals surface area contributed by atoms with Crippen LogP contribution in [0.25, 0.3) is 0 Å². The van der Waals surface area contributed by atoms with E-state index >= 15 is 0 Å².